The van der Waals surface area contributed by atoms with Crippen molar-refractivity contribution in [3.8, 4) is 17.2 Å². The Balaban J connectivity index is 1.58. The second kappa shape index (κ2) is 9.79. The maximum absolute atomic E-state index is 12.3. The van der Waals surface area contributed by atoms with Gasteiger partial charge in [0.2, 0.25) is 5.91 Å². The lowest BCUT2D eigenvalue weighted by Gasteiger charge is -2.14. The molecule has 30 heavy (non-hydrogen) atoms. The fourth-order valence-electron chi connectivity index (χ4n) is 2.66. The summed E-state index contributed by atoms with van der Waals surface area (Å²) in [6, 6.07) is 6.64. The molecule has 2 amide bonds. The number of carbonyl (C=O) groups excluding carboxylic acids is 2. The summed E-state index contributed by atoms with van der Waals surface area (Å²) in [5.74, 6) is 1.22. The molecule has 0 fully saturated rings. The molecule has 2 aromatic heterocycles. The molecule has 0 unspecified atom stereocenters. The zero-order chi connectivity index (χ0) is 21.5. The van der Waals surface area contributed by atoms with Crippen LogP contribution in [0.5, 0.6) is 17.2 Å². The minimum atomic E-state index is -0.397. The number of methoxy groups -OCH3 is 3. The van der Waals surface area contributed by atoms with Crippen LogP contribution in [0.15, 0.2) is 40.3 Å². The fourth-order valence-corrected chi connectivity index (χ4v) is 3.37. The summed E-state index contributed by atoms with van der Waals surface area (Å²) >= 11 is 1.23. The molecule has 0 bridgehead atoms. The Kier molecular flexibility index (Phi) is 6.91. The molecule has 3 aromatic rings. The first-order valence-electron chi connectivity index (χ1n) is 8.89. The summed E-state index contributed by atoms with van der Waals surface area (Å²) in [6.45, 7) is 0.245. The molecule has 9 nitrogen and oxygen atoms in total. The first-order chi connectivity index (χ1) is 14.5. The van der Waals surface area contributed by atoms with E-state index >= 15 is 0 Å². The van der Waals surface area contributed by atoms with E-state index in [1.165, 1.54) is 31.8 Å². The Hall–Kier alpha value is -3.53. The fraction of sp³-hybridized carbons (Fsp3) is 0.250. The number of hydrogen-bond donors (Lipinski definition) is 2. The molecule has 0 aliphatic heterocycles. The van der Waals surface area contributed by atoms with E-state index < -0.39 is 5.91 Å². The molecule has 0 radical (unpaired) electrons. The van der Waals surface area contributed by atoms with E-state index in [0.717, 1.165) is 5.56 Å². The van der Waals surface area contributed by atoms with E-state index in [2.05, 4.69) is 15.6 Å². The molecule has 0 spiro atoms. The first-order valence-corrected chi connectivity index (χ1v) is 9.76. The molecule has 1 aromatic carbocycles. The van der Waals surface area contributed by atoms with Gasteiger partial charge in [-0.25, -0.2) is 4.98 Å². The lowest BCUT2D eigenvalue weighted by Crippen LogP contribution is -2.25. The molecule has 10 heteroatoms. The Morgan fingerprint density at radius 3 is 2.50 bits per heavy atom. The zero-order valence-corrected chi connectivity index (χ0v) is 17.5. The number of rotatable bonds is 9. The number of ether oxygens (including phenoxy) is 3. The highest BCUT2D eigenvalue weighted by Crippen LogP contribution is 2.34. The second-order valence-electron chi connectivity index (χ2n) is 6.05. The molecule has 3 rings (SSSR count). The van der Waals surface area contributed by atoms with Gasteiger partial charge in [-0.3, -0.25) is 14.9 Å². The number of nitrogens with zero attached hydrogens (tertiary/aromatic N) is 1. The Morgan fingerprint density at radius 1 is 1.10 bits per heavy atom. The number of aromatic nitrogens is 1. The molecule has 0 saturated heterocycles. The largest absolute Gasteiger partial charge is 0.496 e. The van der Waals surface area contributed by atoms with Crippen LogP contribution < -0.4 is 24.8 Å². The van der Waals surface area contributed by atoms with Gasteiger partial charge in [0.05, 0.1) is 39.7 Å². The number of carbonyl (C=O) groups is 2. The van der Waals surface area contributed by atoms with Gasteiger partial charge in [0.25, 0.3) is 5.91 Å². The predicted octanol–water partition coefficient (Wildman–Crippen LogP) is 2.87. The van der Waals surface area contributed by atoms with E-state index in [4.69, 9.17) is 18.6 Å². The van der Waals surface area contributed by atoms with Gasteiger partial charge in [-0.1, -0.05) is 0 Å². The van der Waals surface area contributed by atoms with Crippen LogP contribution in [-0.4, -0.2) is 38.1 Å². The Labute approximate surface area is 177 Å². The van der Waals surface area contributed by atoms with Gasteiger partial charge < -0.3 is 23.9 Å². The SMILES string of the molecule is COc1cc(OC)c(OC)cc1CNC(=O)Cc1csc(NC(=O)c2ccco2)n1. The highest BCUT2D eigenvalue weighted by Gasteiger charge is 2.15. The van der Waals surface area contributed by atoms with Crippen molar-refractivity contribution in [3.05, 3.63) is 52.9 Å². The molecule has 2 heterocycles. The van der Waals surface area contributed by atoms with Gasteiger partial charge in [-0.2, -0.15) is 0 Å². The van der Waals surface area contributed by atoms with E-state index in [9.17, 15) is 9.59 Å². The van der Waals surface area contributed by atoms with Crippen LogP contribution in [0.1, 0.15) is 21.8 Å². The van der Waals surface area contributed by atoms with Gasteiger partial charge in [0, 0.05) is 23.6 Å². The number of anilines is 1. The van der Waals surface area contributed by atoms with Crippen molar-refractivity contribution >= 4 is 28.3 Å². The number of thiazole rings is 1. The molecule has 0 aliphatic carbocycles. The van der Waals surface area contributed by atoms with Crippen LogP contribution in [-0.2, 0) is 17.8 Å². The standard InChI is InChI=1S/C20H21N3O6S/c1-26-15-9-17(28-3)16(27-2)7-12(15)10-21-18(24)8-13-11-30-20(22-13)23-19(25)14-5-4-6-29-14/h4-7,9,11H,8,10H2,1-3H3,(H,21,24)(H,22,23,25). The van der Waals surface area contributed by atoms with Crippen LogP contribution in [0.25, 0.3) is 0 Å². The van der Waals surface area contributed by atoms with Gasteiger partial charge >= 0.3 is 0 Å². The monoisotopic (exact) mass is 431 g/mol. The third-order valence-corrected chi connectivity index (χ3v) is 4.93. The molecule has 2 N–H and O–H groups in total. The van der Waals surface area contributed by atoms with Crippen LogP contribution >= 0.6 is 11.3 Å². The van der Waals surface area contributed by atoms with Crippen molar-refractivity contribution in [1.82, 2.24) is 10.3 Å². The topological polar surface area (TPSA) is 112 Å². The van der Waals surface area contributed by atoms with Gasteiger partial charge in [0.1, 0.15) is 5.75 Å². The third kappa shape index (κ3) is 5.09. The summed E-state index contributed by atoms with van der Waals surface area (Å²) in [5.41, 5.74) is 1.29. The van der Waals surface area contributed by atoms with Crippen molar-refractivity contribution < 1.29 is 28.2 Å². The van der Waals surface area contributed by atoms with Gasteiger partial charge in [-0.15, -0.1) is 11.3 Å². The van der Waals surface area contributed by atoms with E-state index in [-0.39, 0.29) is 24.6 Å². The molecular weight excluding hydrogens is 410 g/mol. The maximum atomic E-state index is 12.3. The Morgan fingerprint density at radius 2 is 1.83 bits per heavy atom. The normalized spacial score (nSPS) is 10.4. The molecule has 0 saturated carbocycles. The molecule has 0 aliphatic rings. The predicted molar refractivity (Wildman–Crippen MR) is 110 cm³/mol. The summed E-state index contributed by atoms with van der Waals surface area (Å²) in [6.07, 6.45) is 1.49. The van der Waals surface area contributed by atoms with Crippen LogP contribution in [0.3, 0.4) is 0 Å². The van der Waals surface area contributed by atoms with E-state index in [1.54, 1.807) is 36.8 Å². The highest BCUT2D eigenvalue weighted by molar-refractivity contribution is 7.14. The molecule has 0 atom stereocenters. The summed E-state index contributed by atoms with van der Waals surface area (Å²) in [5, 5.41) is 7.57. The van der Waals surface area contributed by atoms with Gasteiger partial charge in [-0.05, 0) is 18.2 Å². The van der Waals surface area contributed by atoms with Gasteiger partial charge in [0.15, 0.2) is 22.4 Å². The number of hydrogen-bond acceptors (Lipinski definition) is 8. The van der Waals surface area contributed by atoms with Crippen molar-refractivity contribution in [1.29, 1.82) is 0 Å². The third-order valence-electron chi connectivity index (χ3n) is 4.12. The first kappa shape index (κ1) is 21.2. The molecule has 158 valence electrons. The second-order valence-corrected chi connectivity index (χ2v) is 6.91. The minimum Gasteiger partial charge on any atom is -0.496 e. The lowest BCUT2D eigenvalue weighted by molar-refractivity contribution is -0.120. The summed E-state index contributed by atoms with van der Waals surface area (Å²) in [4.78, 5) is 28.6. The van der Waals surface area contributed by atoms with Crippen LogP contribution in [0, 0.1) is 0 Å². The highest BCUT2D eigenvalue weighted by atomic mass is 32.1. The quantitative estimate of drug-likeness (QED) is 0.536. The van der Waals surface area contributed by atoms with Crippen molar-refractivity contribution in [2.75, 3.05) is 26.6 Å². The number of furan rings is 1. The summed E-state index contributed by atoms with van der Waals surface area (Å²) < 4.78 is 21.0. The van der Waals surface area contributed by atoms with E-state index in [0.29, 0.717) is 28.1 Å². The van der Waals surface area contributed by atoms with Crippen molar-refractivity contribution in [3.63, 3.8) is 0 Å². The maximum Gasteiger partial charge on any atom is 0.293 e. The summed E-state index contributed by atoms with van der Waals surface area (Å²) in [7, 11) is 4.62. The van der Waals surface area contributed by atoms with Crippen molar-refractivity contribution in [2.45, 2.75) is 13.0 Å². The van der Waals surface area contributed by atoms with E-state index in [1.807, 2.05) is 0 Å². The minimum absolute atomic E-state index is 0.0722. The van der Waals surface area contributed by atoms with Crippen molar-refractivity contribution in [2.24, 2.45) is 0 Å². The Bertz CT molecular complexity index is 1020. The van der Waals surface area contributed by atoms with Crippen LogP contribution in [0.2, 0.25) is 0 Å². The number of nitrogens with one attached hydrogen (secondary N) is 2. The average Bonchev–Trinajstić information content (AvgIpc) is 3.44. The lowest BCUT2D eigenvalue weighted by atomic mass is 10.1. The smallest absolute Gasteiger partial charge is 0.293 e. The number of amides is 2. The average molecular weight is 431 g/mol. The number of benzene rings is 1. The molecular formula is C20H21N3O6S. The van der Waals surface area contributed by atoms with Crippen LogP contribution in [0.4, 0.5) is 5.13 Å². The zero-order valence-electron chi connectivity index (χ0n) is 16.7.